The molecular formula is C14H22FNO3. The van der Waals surface area contributed by atoms with Crippen molar-refractivity contribution in [2.24, 2.45) is 0 Å². The zero-order chi connectivity index (χ0) is 14.3. The first-order valence-corrected chi connectivity index (χ1v) is 6.29. The minimum atomic E-state index is -0.726. The lowest BCUT2D eigenvalue weighted by molar-refractivity contribution is 0.0822. The van der Waals surface area contributed by atoms with Gasteiger partial charge in [-0.15, -0.1) is 0 Å². The van der Waals surface area contributed by atoms with Crippen LogP contribution in [0.25, 0.3) is 0 Å². The van der Waals surface area contributed by atoms with E-state index in [0.29, 0.717) is 25.1 Å². The lowest BCUT2D eigenvalue weighted by Gasteiger charge is -2.30. The van der Waals surface area contributed by atoms with E-state index in [-0.39, 0.29) is 12.4 Å². The van der Waals surface area contributed by atoms with Gasteiger partial charge in [-0.1, -0.05) is 12.1 Å². The molecular weight excluding hydrogens is 249 g/mol. The van der Waals surface area contributed by atoms with E-state index in [2.05, 4.69) is 5.32 Å². The van der Waals surface area contributed by atoms with E-state index in [1.165, 1.54) is 12.1 Å². The van der Waals surface area contributed by atoms with E-state index in [1.54, 1.807) is 19.2 Å². The van der Waals surface area contributed by atoms with Crippen molar-refractivity contribution in [1.29, 1.82) is 0 Å². The Bertz CT molecular complexity index is 363. The molecule has 1 aromatic carbocycles. The highest BCUT2D eigenvalue weighted by Gasteiger charge is 2.24. The quantitative estimate of drug-likeness (QED) is 0.665. The van der Waals surface area contributed by atoms with Gasteiger partial charge in [-0.25, -0.2) is 4.39 Å². The summed E-state index contributed by atoms with van der Waals surface area (Å²) in [5.74, 6) is -0.326. The number of β-amino-alcohol motifs (C(OH)–C–C–N with tert-alkyl or cyclic N) is 1. The molecule has 0 saturated heterocycles. The van der Waals surface area contributed by atoms with Gasteiger partial charge in [0, 0.05) is 25.8 Å². The third-order valence-electron chi connectivity index (χ3n) is 3.10. The SMILES string of the molecule is COCC(C)(CCO)NCC(O)c1ccc(F)cc1. The van der Waals surface area contributed by atoms with Crippen LogP contribution in [0.1, 0.15) is 25.0 Å². The monoisotopic (exact) mass is 271 g/mol. The maximum absolute atomic E-state index is 12.8. The largest absolute Gasteiger partial charge is 0.396 e. The molecule has 2 unspecified atom stereocenters. The van der Waals surface area contributed by atoms with Gasteiger partial charge in [-0.3, -0.25) is 0 Å². The fraction of sp³-hybridized carbons (Fsp3) is 0.571. The normalized spacial score (nSPS) is 16.1. The van der Waals surface area contributed by atoms with E-state index in [1.807, 2.05) is 6.92 Å². The summed E-state index contributed by atoms with van der Waals surface area (Å²) in [6.45, 7) is 2.71. The van der Waals surface area contributed by atoms with Gasteiger partial charge in [0.25, 0.3) is 0 Å². The van der Waals surface area contributed by atoms with Crippen LogP contribution < -0.4 is 5.32 Å². The molecule has 0 spiro atoms. The van der Waals surface area contributed by atoms with Gasteiger partial charge in [0.2, 0.25) is 0 Å². The van der Waals surface area contributed by atoms with E-state index in [0.717, 1.165) is 0 Å². The van der Waals surface area contributed by atoms with Crippen molar-refractivity contribution in [3.63, 3.8) is 0 Å². The number of hydrogen-bond donors (Lipinski definition) is 3. The smallest absolute Gasteiger partial charge is 0.123 e. The second-order valence-corrected chi connectivity index (χ2v) is 4.92. The summed E-state index contributed by atoms with van der Waals surface area (Å²) in [5.41, 5.74) is 0.252. The summed E-state index contributed by atoms with van der Waals surface area (Å²) in [5, 5.41) is 22.2. The summed E-state index contributed by atoms with van der Waals surface area (Å²) >= 11 is 0. The second-order valence-electron chi connectivity index (χ2n) is 4.92. The molecule has 2 atom stereocenters. The Morgan fingerprint density at radius 2 is 2.00 bits per heavy atom. The Labute approximate surface area is 113 Å². The highest BCUT2D eigenvalue weighted by molar-refractivity contribution is 5.18. The fourth-order valence-corrected chi connectivity index (χ4v) is 1.92. The minimum Gasteiger partial charge on any atom is -0.396 e. The maximum atomic E-state index is 12.8. The van der Waals surface area contributed by atoms with E-state index >= 15 is 0 Å². The number of ether oxygens (including phenoxy) is 1. The first-order chi connectivity index (χ1) is 9.00. The van der Waals surface area contributed by atoms with Gasteiger partial charge in [0.1, 0.15) is 5.82 Å². The Morgan fingerprint density at radius 3 is 2.53 bits per heavy atom. The lowest BCUT2D eigenvalue weighted by Crippen LogP contribution is -2.48. The van der Waals surface area contributed by atoms with Crippen molar-refractivity contribution < 1.29 is 19.3 Å². The van der Waals surface area contributed by atoms with Gasteiger partial charge < -0.3 is 20.3 Å². The van der Waals surface area contributed by atoms with Crippen LogP contribution in [-0.4, -0.2) is 42.6 Å². The molecule has 108 valence electrons. The van der Waals surface area contributed by atoms with E-state index in [9.17, 15) is 9.50 Å². The van der Waals surface area contributed by atoms with Gasteiger partial charge in [-0.2, -0.15) is 0 Å². The fourth-order valence-electron chi connectivity index (χ4n) is 1.92. The highest BCUT2D eigenvalue weighted by Crippen LogP contribution is 2.15. The third kappa shape index (κ3) is 5.24. The summed E-state index contributed by atoms with van der Waals surface area (Å²) < 4.78 is 17.9. The highest BCUT2D eigenvalue weighted by atomic mass is 19.1. The zero-order valence-corrected chi connectivity index (χ0v) is 11.4. The van der Waals surface area contributed by atoms with Crippen LogP contribution in [0.2, 0.25) is 0 Å². The predicted octanol–water partition coefficient (Wildman–Crippen LogP) is 1.24. The van der Waals surface area contributed by atoms with Crippen LogP contribution in [0.15, 0.2) is 24.3 Å². The van der Waals surface area contributed by atoms with Gasteiger partial charge in [-0.05, 0) is 31.0 Å². The molecule has 1 rings (SSSR count). The number of nitrogens with one attached hydrogen (secondary N) is 1. The number of methoxy groups -OCH3 is 1. The Morgan fingerprint density at radius 1 is 1.37 bits per heavy atom. The first-order valence-electron chi connectivity index (χ1n) is 6.29. The predicted molar refractivity (Wildman–Crippen MR) is 71.3 cm³/mol. The van der Waals surface area contributed by atoms with Gasteiger partial charge in [0.05, 0.1) is 12.7 Å². The van der Waals surface area contributed by atoms with Crippen molar-refractivity contribution in [2.75, 3.05) is 26.9 Å². The topological polar surface area (TPSA) is 61.7 Å². The number of benzene rings is 1. The Hall–Kier alpha value is -1.01. The van der Waals surface area contributed by atoms with E-state index in [4.69, 9.17) is 9.84 Å². The number of aliphatic hydroxyl groups is 2. The van der Waals surface area contributed by atoms with Crippen molar-refractivity contribution in [2.45, 2.75) is 25.0 Å². The molecule has 0 amide bonds. The number of aliphatic hydroxyl groups excluding tert-OH is 2. The summed E-state index contributed by atoms with van der Waals surface area (Å²) in [6.07, 6.45) is -0.202. The molecule has 1 aromatic rings. The van der Waals surface area contributed by atoms with Gasteiger partial charge >= 0.3 is 0 Å². The number of rotatable bonds is 8. The summed E-state index contributed by atoms with van der Waals surface area (Å²) in [6, 6.07) is 5.75. The van der Waals surface area contributed by atoms with Crippen molar-refractivity contribution >= 4 is 0 Å². The number of hydrogen-bond acceptors (Lipinski definition) is 4. The van der Waals surface area contributed by atoms with Crippen LogP contribution in [-0.2, 0) is 4.74 Å². The average Bonchev–Trinajstić information content (AvgIpc) is 2.37. The second kappa shape index (κ2) is 7.55. The molecule has 0 aromatic heterocycles. The lowest BCUT2D eigenvalue weighted by atomic mass is 9.98. The maximum Gasteiger partial charge on any atom is 0.123 e. The van der Waals surface area contributed by atoms with Crippen LogP contribution in [0, 0.1) is 5.82 Å². The molecule has 4 nitrogen and oxygen atoms in total. The third-order valence-corrected chi connectivity index (χ3v) is 3.10. The molecule has 0 aliphatic carbocycles. The Kier molecular flexibility index (Phi) is 6.37. The van der Waals surface area contributed by atoms with E-state index < -0.39 is 11.6 Å². The minimum absolute atomic E-state index is 0.0412. The molecule has 3 N–H and O–H groups in total. The molecule has 0 aliphatic rings. The molecule has 0 bridgehead atoms. The molecule has 0 aliphatic heterocycles. The molecule has 0 saturated carbocycles. The zero-order valence-electron chi connectivity index (χ0n) is 11.4. The standard InChI is InChI=1S/C14H22FNO3/c1-14(7-8-17,10-19-2)16-9-13(18)11-3-5-12(15)6-4-11/h3-6,13,16-18H,7-10H2,1-2H3. The van der Waals surface area contributed by atoms with Crippen LogP contribution in [0.4, 0.5) is 4.39 Å². The van der Waals surface area contributed by atoms with Crippen molar-refractivity contribution in [3.05, 3.63) is 35.6 Å². The summed E-state index contributed by atoms with van der Waals surface area (Å²) in [4.78, 5) is 0. The molecule has 5 heteroatoms. The van der Waals surface area contributed by atoms with Crippen LogP contribution >= 0.6 is 0 Å². The molecule has 0 radical (unpaired) electrons. The summed E-state index contributed by atoms with van der Waals surface area (Å²) in [7, 11) is 1.59. The number of halogens is 1. The average molecular weight is 271 g/mol. The van der Waals surface area contributed by atoms with Crippen LogP contribution in [0.3, 0.4) is 0 Å². The molecule has 0 fully saturated rings. The first kappa shape index (κ1) is 16.0. The Balaban J connectivity index is 2.56. The molecule has 0 heterocycles. The van der Waals surface area contributed by atoms with Crippen molar-refractivity contribution in [1.82, 2.24) is 5.32 Å². The van der Waals surface area contributed by atoms with Crippen LogP contribution in [0.5, 0.6) is 0 Å². The van der Waals surface area contributed by atoms with Gasteiger partial charge in [0.15, 0.2) is 0 Å². The van der Waals surface area contributed by atoms with Crippen molar-refractivity contribution in [3.8, 4) is 0 Å². The molecule has 19 heavy (non-hydrogen) atoms.